The summed E-state index contributed by atoms with van der Waals surface area (Å²) >= 11 is 5.90. The number of benzene rings is 2. The maximum absolute atomic E-state index is 13.5. The fraction of sp³-hybridized carbons (Fsp3) is 0.0769. The van der Waals surface area contributed by atoms with Gasteiger partial charge >= 0.3 is 0 Å². The van der Waals surface area contributed by atoms with E-state index >= 15 is 0 Å². The molecule has 7 heteroatoms. The molecule has 2 rings (SSSR count). The molecule has 0 saturated heterocycles. The Morgan fingerprint density at radius 2 is 1.80 bits per heavy atom. The third-order valence-electron chi connectivity index (χ3n) is 2.55. The lowest BCUT2D eigenvalue weighted by Crippen LogP contribution is -2.15. The Hall–Kier alpha value is -1.66. The second kappa shape index (κ2) is 5.38. The molecule has 0 bridgehead atoms. The molecule has 3 nitrogen and oxygen atoms in total. The van der Waals surface area contributed by atoms with Gasteiger partial charge < -0.3 is 0 Å². The summed E-state index contributed by atoms with van der Waals surface area (Å²) in [5.41, 5.74) is 0.941. The molecule has 0 saturated carbocycles. The highest BCUT2D eigenvalue weighted by atomic mass is 35.5. The van der Waals surface area contributed by atoms with Gasteiger partial charge in [-0.2, -0.15) is 0 Å². The molecule has 0 aliphatic carbocycles. The Morgan fingerprint density at radius 3 is 2.45 bits per heavy atom. The summed E-state index contributed by atoms with van der Waals surface area (Å²) in [4.78, 5) is -0.769. The Balaban J connectivity index is 2.43. The van der Waals surface area contributed by atoms with Gasteiger partial charge in [-0.15, -0.1) is 0 Å². The van der Waals surface area contributed by atoms with Crippen LogP contribution in [-0.4, -0.2) is 8.42 Å². The Labute approximate surface area is 120 Å². The number of halogens is 3. The summed E-state index contributed by atoms with van der Waals surface area (Å²) in [7, 11) is -4.25. The molecule has 0 atom stereocenters. The van der Waals surface area contributed by atoms with Crippen LogP contribution in [0.2, 0.25) is 5.02 Å². The van der Waals surface area contributed by atoms with Crippen LogP contribution in [0, 0.1) is 18.6 Å². The van der Waals surface area contributed by atoms with Crippen molar-refractivity contribution in [1.29, 1.82) is 0 Å². The number of hydrogen-bond acceptors (Lipinski definition) is 2. The number of rotatable bonds is 3. The van der Waals surface area contributed by atoms with Gasteiger partial charge in [0.15, 0.2) is 0 Å². The quantitative estimate of drug-likeness (QED) is 0.937. The van der Waals surface area contributed by atoms with E-state index in [1.54, 1.807) is 19.1 Å². The first kappa shape index (κ1) is 14.7. The summed E-state index contributed by atoms with van der Waals surface area (Å²) in [5, 5.41) is 0.172. The van der Waals surface area contributed by atoms with E-state index in [9.17, 15) is 17.2 Å². The molecule has 0 aliphatic rings. The first-order valence-electron chi connectivity index (χ1n) is 5.53. The van der Waals surface area contributed by atoms with Crippen LogP contribution >= 0.6 is 11.6 Å². The molecule has 0 heterocycles. The van der Waals surface area contributed by atoms with Gasteiger partial charge in [0, 0.05) is 0 Å². The van der Waals surface area contributed by atoms with Crippen LogP contribution in [0.25, 0.3) is 0 Å². The summed E-state index contributed by atoms with van der Waals surface area (Å²) < 4.78 is 52.8. The van der Waals surface area contributed by atoms with Gasteiger partial charge in [0.2, 0.25) is 0 Å². The third-order valence-corrected chi connectivity index (χ3v) is 4.24. The lowest BCUT2D eigenvalue weighted by molar-refractivity contribution is 0.555. The van der Waals surface area contributed by atoms with Gasteiger partial charge in [-0.05, 0) is 42.8 Å². The molecular formula is C13H10ClF2NO2S. The number of sulfonamides is 1. The molecular weight excluding hydrogens is 308 g/mol. The van der Waals surface area contributed by atoms with Crippen LogP contribution in [0.3, 0.4) is 0 Å². The van der Waals surface area contributed by atoms with Crippen LogP contribution in [0.15, 0.2) is 41.3 Å². The zero-order valence-corrected chi connectivity index (χ0v) is 11.9. The molecule has 1 N–H and O–H groups in total. The van der Waals surface area contributed by atoms with Crippen LogP contribution < -0.4 is 4.72 Å². The summed E-state index contributed by atoms with van der Waals surface area (Å²) in [6.45, 7) is 1.79. The highest BCUT2D eigenvalue weighted by Gasteiger charge is 2.21. The van der Waals surface area contributed by atoms with E-state index in [2.05, 4.69) is 4.72 Å². The van der Waals surface area contributed by atoms with Crippen molar-refractivity contribution < 1.29 is 17.2 Å². The maximum Gasteiger partial charge on any atom is 0.264 e. The van der Waals surface area contributed by atoms with E-state index in [0.717, 1.165) is 17.7 Å². The van der Waals surface area contributed by atoms with Crippen molar-refractivity contribution in [3.05, 3.63) is 58.6 Å². The molecule has 0 radical (unpaired) electrons. The minimum Gasteiger partial charge on any atom is -0.278 e. The van der Waals surface area contributed by atoms with Gasteiger partial charge in [0.1, 0.15) is 16.5 Å². The minimum absolute atomic E-state index is 0.0981. The molecule has 0 aliphatic heterocycles. The third kappa shape index (κ3) is 3.08. The topological polar surface area (TPSA) is 46.2 Å². The second-order valence-corrected chi connectivity index (χ2v) is 6.22. The summed E-state index contributed by atoms with van der Waals surface area (Å²) in [5.74, 6) is -1.89. The number of anilines is 1. The van der Waals surface area contributed by atoms with Gasteiger partial charge in [-0.3, -0.25) is 4.72 Å². The number of nitrogens with one attached hydrogen (secondary N) is 1. The van der Waals surface area contributed by atoms with Crippen molar-refractivity contribution in [3.63, 3.8) is 0 Å². The Morgan fingerprint density at radius 1 is 1.10 bits per heavy atom. The van der Waals surface area contributed by atoms with E-state index < -0.39 is 26.6 Å². The molecule has 0 unspecified atom stereocenters. The predicted octanol–water partition coefficient (Wildman–Crippen LogP) is 3.73. The highest BCUT2D eigenvalue weighted by molar-refractivity contribution is 7.92. The van der Waals surface area contributed by atoms with E-state index in [1.165, 1.54) is 6.07 Å². The van der Waals surface area contributed by atoms with Crippen LogP contribution in [-0.2, 0) is 10.0 Å². The van der Waals surface area contributed by atoms with Crippen LogP contribution in [0.4, 0.5) is 14.5 Å². The molecule has 0 amide bonds. The fourth-order valence-electron chi connectivity index (χ4n) is 1.59. The molecule has 0 aromatic heterocycles. The first-order chi connectivity index (χ1) is 9.29. The monoisotopic (exact) mass is 317 g/mol. The molecule has 20 heavy (non-hydrogen) atoms. The van der Waals surface area contributed by atoms with Crippen molar-refractivity contribution in [1.82, 2.24) is 0 Å². The molecule has 106 valence electrons. The normalized spacial score (nSPS) is 11.4. The number of aryl methyl sites for hydroxylation is 1. The Kier molecular flexibility index (Phi) is 3.96. The van der Waals surface area contributed by atoms with Gasteiger partial charge in [0.25, 0.3) is 10.0 Å². The Bertz CT molecular complexity index is 763. The lowest BCUT2D eigenvalue weighted by atomic mass is 10.2. The van der Waals surface area contributed by atoms with E-state index in [1.807, 2.05) is 0 Å². The SMILES string of the molecule is Cc1ccc(NS(=O)(=O)c2cc(F)ccc2F)c(Cl)c1. The second-order valence-electron chi connectivity index (χ2n) is 4.16. The molecule has 0 fully saturated rings. The van der Waals surface area contributed by atoms with Crippen molar-refractivity contribution in [2.75, 3.05) is 4.72 Å². The summed E-state index contributed by atoms with van der Waals surface area (Å²) in [6, 6.07) is 6.85. The average Bonchev–Trinajstić information content (AvgIpc) is 2.35. The molecule has 2 aromatic rings. The van der Waals surface area contributed by atoms with E-state index in [4.69, 9.17) is 11.6 Å². The predicted molar refractivity (Wildman–Crippen MR) is 73.4 cm³/mol. The highest BCUT2D eigenvalue weighted by Crippen LogP contribution is 2.26. The van der Waals surface area contributed by atoms with Crippen molar-refractivity contribution in [2.45, 2.75) is 11.8 Å². The fourth-order valence-corrected chi connectivity index (χ4v) is 3.09. The van der Waals surface area contributed by atoms with Crippen LogP contribution in [0.1, 0.15) is 5.56 Å². The summed E-state index contributed by atoms with van der Waals surface area (Å²) in [6.07, 6.45) is 0. The standard InChI is InChI=1S/C13H10ClF2NO2S/c1-8-2-5-12(10(14)6-8)17-20(18,19)13-7-9(15)3-4-11(13)16/h2-7,17H,1H3. The van der Waals surface area contributed by atoms with Crippen molar-refractivity contribution in [2.24, 2.45) is 0 Å². The van der Waals surface area contributed by atoms with Crippen LogP contribution in [0.5, 0.6) is 0 Å². The average molecular weight is 318 g/mol. The van der Waals surface area contributed by atoms with Gasteiger partial charge in [-0.25, -0.2) is 17.2 Å². The van der Waals surface area contributed by atoms with E-state index in [-0.39, 0.29) is 10.7 Å². The molecule has 2 aromatic carbocycles. The maximum atomic E-state index is 13.5. The largest absolute Gasteiger partial charge is 0.278 e. The van der Waals surface area contributed by atoms with Crippen molar-refractivity contribution >= 4 is 27.3 Å². The minimum atomic E-state index is -4.25. The lowest BCUT2D eigenvalue weighted by Gasteiger charge is -2.10. The van der Waals surface area contributed by atoms with Gasteiger partial charge in [-0.1, -0.05) is 17.7 Å². The van der Waals surface area contributed by atoms with E-state index in [0.29, 0.717) is 6.07 Å². The first-order valence-corrected chi connectivity index (χ1v) is 7.40. The smallest absolute Gasteiger partial charge is 0.264 e. The zero-order chi connectivity index (χ0) is 14.9. The zero-order valence-electron chi connectivity index (χ0n) is 10.3. The van der Waals surface area contributed by atoms with Gasteiger partial charge in [0.05, 0.1) is 10.7 Å². The number of hydrogen-bond donors (Lipinski definition) is 1. The van der Waals surface area contributed by atoms with Crippen molar-refractivity contribution in [3.8, 4) is 0 Å². The molecule has 0 spiro atoms.